The zero-order valence-electron chi connectivity index (χ0n) is 32.1. The molecule has 7 heteroatoms. The van der Waals surface area contributed by atoms with Crippen molar-refractivity contribution in [3.63, 3.8) is 0 Å². The third-order valence-corrected chi connectivity index (χ3v) is 12.8. The van der Waals surface area contributed by atoms with E-state index in [1.165, 1.54) is 14.2 Å². The quantitative estimate of drug-likeness (QED) is 0.0728. The van der Waals surface area contributed by atoms with Crippen molar-refractivity contribution >= 4 is 45.4 Å². The van der Waals surface area contributed by atoms with E-state index in [2.05, 4.69) is 64.1 Å². The Hall–Kier alpha value is -4.52. The molecule has 1 saturated heterocycles. The van der Waals surface area contributed by atoms with Gasteiger partial charge in [0.25, 0.3) is 0 Å². The van der Waals surface area contributed by atoms with Gasteiger partial charge in [-0.3, -0.25) is 9.59 Å². The first-order valence-electron chi connectivity index (χ1n) is 19.8. The number of hydrogen-bond donors (Lipinski definition) is 0. The van der Waals surface area contributed by atoms with Crippen LogP contribution in [0.1, 0.15) is 146 Å². The highest BCUT2D eigenvalue weighted by Gasteiger charge is 2.72. The molecule has 278 valence electrons. The number of hydrogen-bond acceptors (Lipinski definition) is 7. The van der Waals surface area contributed by atoms with E-state index in [0.717, 1.165) is 106 Å². The van der Waals surface area contributed by atoms with Gasteiger partial charge in [-0.2, -0.15) is 0 Å². The van der Waals surface area contributed by atoms with Crippen molar-refractivity contribution in [2.45, 2.75) is 116 Å². The third kappa shape index (κ3) is 5.27. The van der Waals surface area contributed by atoms with Crippen LogP contribution in [0.2, 0.25) is 0 Å². The van der Waals surface area contributed by atoms with E-state index in [1.54, 1.807) is 0 Å². The van der Waals surface area contributed by atoms with Gasteiger partial charge in [-0.15, -0.1) is 0 Å². The molecule has 53 heavy (non-hydrogen) atoms. The Morgan fingerprint density at radius 3 is 1.34 bits per heavy atom. The van der Waals surface area contributed by atoms with Gasteiger partial charge in [-0.1, -0.05) is 90.5 Å². The van der Waals surface area contributed by atoms with E-state index >= 15 is 0 Å². The summed E-state index contributed by atoms with van der Waals surface area (Å²) in [6.45, 7) is 8.54. The van der Waals surface area contributed by atoms with Crippen LogP contribution in [0.5, 0.6) is 0 Å². The minimum Gasteiger partial charge on any atom is -0.465 e. The van der Waals surface area contributed by atoms with Crippen molar-refractivity contribution in [2.75, 3.05) is 14.2 Å². The van der Waals surface area contributed by atoms with Crippen LogP contribution in [-0.4, -0.2) is 38.1 Å². The molecule has 1 aliphatic heterocycles. The molecule has 0 aromatic heterocycles. The van der Waals surface area contributed by atoms with Crippen molar-refractivity contribution < 1.29 is 33.4 Å². The molecule has 7 nitrogen and oxygen atoms in total. The first kappa shape index (κ1) is 36.8. The minimum atomic E-state index is -0.834. The molecule has 4 atom stereocenters. The molecule has 1 fully saturated rings. The number of carbonyl (C=O) groups excluding carboxylic acids is 4. The molecule has 4 aromatic carbocycles. The molecule has 4 aromatic rings. The van der Waals surface area contributed by atoms with Gasteiger partial charge < -0.3 is 14.2 Å². The molecule has 8 rings (SSSR count). The zero-order chi connectivity index (χ0) is 37.7. The van der Waals surface area contributed by atoms with E-state index in [4.69, 9.17) is 14.2 Å². The van der Waals surface area contributed by atoms with Gasteiger partial charge in [0.2, 0.25) is 0 Å². The van der Waals surface area contributed by atoms with Crippen molar-refractivity contribution in [1.29, 1.82) is 0 Å². The highest BCUT2D eigenvalue weighted by atomic mass is 16.6. The van der Waals surface area contributed by atoms with Gasteiger partial charge in [0.1, 0.15) is 0 Å². The average molecular weight is 717 g/mol. The topological polar surface area (TPSA) is 96.0 Å². The molecule has 0 amide bonds. The number of carbonyl (C=O) groups is 4. The monoisotopic (exact) mass is 716 g/mol. The summed E-state index contributed by atoms with van der Waals surface area (Å²) in [5, 5.41) is 4.00. The fraction of sp³-hybridized carbons (Fsp3) is 0.478. The summed E-state index contributed by atoms with van der Waals surface area (Å²) in [5.74, 6) is -3.34. The molecular formula is C46H52O7. The first-order valence-corrected chi connectivity index (χ1v) is 19.8. The van der Waals surface area contributed by atoms with Crippen LogP contribution in [0.4, 0.5) is 0 Å². The van der Waals surface area contributed by atoms with Crippen LogP contribution < -0.4 is 0 Å². The summed E-state index contributed by atoms with van der Waals surface area (Å²) >= 11 is 0. The fourth-order valence-electron chi connectivity index (χ4n) is 10.5. The predicted octanol–water partition coefficient (Wildman–Crippen LogP) is 9.85. The second kappa shape index (κ2) is 14.4. The largest absolute Gasteiger partial charge is 0.465 e. The van der Waals surface area contributed by atoms with Gasteiger partial charge in [-0.05, 0) is 118 Å². The number of ether oxygens (including phenoxy) is 3. The molecule has 4 aliphatic rings. The predicted molar refractivity (Wildman–Crippen MR) is 206 cm³/mol. The number of cyclic esters (lactones) is 2. The Bertz CT molecular complexity index is 2000. The second-order valence-electron chi connectivity index (χ2n) is 15.4. The minimum absolute atomic E-state index is 0.273. The Labute approximate surface area is 312 Å². The first-order chi connectivity index (χ1) is 25.7. The van der Waals surface area contributed by atoms with Crippen LogP contribution in [0.3, 0.4) is 0 Å². The summed E-state index contributed by atoms with van der Waals surface area (Å²) < 4.78 is 16.6. The Kier molecular flexibility index (Phi) is 9.99. The van der Waals surface area contributed by atoms with E-state index in [-0.39, 0.29) is 11.1 Å². The van der Waals surface area contributed by atoms with Gasteiger partial charge in [0, 0.05) is 10.8 Å². The Morgan fingerprint density at radius 2 is 0.981 bits per heavy atom. The molecular weight excluding hydrogens is 664 g/mol. The second-order valence-corrected chi connectivity index (χ2v) is 15.4. The number of methoxy groups -OCH3 is 2. The van der Waals surface area contributed by atoms with E-state index < -0.39 is 46.5 Å². The molecule has 0 N–H and O–H groups in total. The maximum absolute atomic E-state index is 14.3. The maximum Gasteiger partial charge on any atom is 0.339 e. The van der Waals surface area contributed by atoms with Crippen LogP contribution in [-0.2, 0) is 47.5 Å². The SMILES string of the molecule is CCCCc1c(C(=O)OC)c(C(=O)OC)c(CCCC)c2cc3c(cc12)[C@]1(CCCC)c2cc4ccccc4cc2[C@]3(CCCC)C2C(=O)OC(=O)C21. The lowest BCUT2D eigenvalue weighted by molar-refractivity contribution is -0.154. The standard InChI is InChI=1S/C46H52O7/c1-7-11-19-29-31-25-35-36(26-32(31)30(20-12-8-2)38(42(48)52-6)37(29)41(47)51-5)46(22-14-10-4)34-24-28-18-16-15-17-27(28)23-33(34)45(35,21-13-9-3)39-40(46)44(50)53-43(39)49/h15-18,23-26,39-40H,7-14,19-22H2,1-6H3/t39?,40?,45-,46-/m0/s1. The number of aryl methyl sites for hydroxylation is 2. The van der Waals surface area contributed by atoms with Gasteiger partial charge >= 0.3 is 23.9 Å². The van der Waals surface area contributed by atoms with E-state index in [9.17, 15) is 19.2 Å². The lowest BCUT2D eigenvalue weighted by atomic mass is 9.39. The van der Waals surface area contributed by atoms with Crippen LogP contribution in [0.25, 0.3) is 21.5 Å². The van der Waals surface area contributed by atoms with Crippen LogP contribution in [0, 0.1) is 11.8 Å². The lowest BCUT2D eigenvalue weighted by Crippen LogP contribution is -2.61. The van der Waals surface area contributed by atoms with Crippen LogP contribution >= 0.6 is 0 Å². The number of unbranched alkanes of at least 4 members (excludes halogenated alkanes) is 4. The molecule has 3 aliphatic carbocycles. The van der Waals surface area contributed by atoms with Gasteiger partial charge in [0.05, 0.1) is 37.2 Å². The van der Waals surface area contributed by atoms with Crippen LogP contribution in [0.15, 0.2) is 48.5 Å². The number of fused-ring (bicyclic) bond motifs is 2. The van der Waals surface area contributed by atoms with Gasteiger partial charge in [0.15, 0.2) is 0 Å². The van der Waals surface area contributed by atoms with E-state index in [0.29, 0.717) is 25.7 Å². The maximum atomic E-state index is 14.3. The molecule has 0 spiro atoms. The number of rotatable bonds is 14. The van der Waals surface area contributed by atoms with Crippen molar-refractivity contribution in [3.05, 3.63) is 93.0 Å². The summed E-state index contributed by atoms with van der Waals surface area (Å²) in [6, 6.07) is 17.4. The summed E-state index contributed by atoms with van der Waals surface area (Å²) in [4.78, 5) is 56.4. The molecule has 2 unspecified atom stereocenters. The Balaban J connectivity index is 1.73. The average Bonchev–Trinajstić information content (AvgIpc) is 3.50. The third-order valence-electron chi connectivity index (χ3n) is 12.8. The Morgan fingerprint density at radius 1 is 0.604 bits per heavy atom. The summed E-state index contributed by atoms with van der Waals surface area (Å²) in [5.41, 5.74) is 4.74. The molecule has 1 heterocycles. The molecule has 0 saturated carbocycles. The van der Waals surface area contributed by atoms with Gasteiger partial charge in [-0.25, -0.2) is 9.59 Å². The summed E-state index contributed by atoms with van der Waals surface area (Å²) in [6.07, 6.45) is 9.32. The highest BCUT2D eigenvalue weighted by Crippen LogP contribution is 2.70. The fourth-order valence-corrected chi connectivity index (χ4v) is 10.5. The number of benzene rings is 4. The normalized spacial score (nSPS) is 22.5. The molecule has 0 radical (unpaired) electrons. The van der Waals surface area contributed by atoms with Crippen molar-refractivity contribution in [2.24, 2.45) is 11.8 Å². The zero-order valence-corrected chi connectivity index (χ0v) is 32.1. The lowest BCUT2D eigenvalue weighted by Gasteiger charge is -2.60. The van der Waals surface area contributed by atoms with E-state index in [1.807, 2.05) is 12.1 Å². The van der Waals surface area contributed by atoms with Crippen molar-refractivity contribution in [3.8, 4) is 0 Å². The number of esters is 4. The van der Waals surface area contributed by atoms with Crippen molar-refractivity contribution in [1.82, 2.24) is 0 Å². The smallest absolute Gasteiger partial charge is 0.339 e. The molecule has 2 bridgehead atoms. The highest BCUT2D eigenvalue weighted by molar-refractivity contribution is 6.12. The summed E-state index contributed by atoms with van der Waals surface area (Å²) in [7, 11) is 2.71.